The van der Waals surface area contributed by atoms with Crippen molar-refractivity contribution in [2.45, 2.75) is 12.4 Å². The maximum Gasteiger partial charge on any atom is 0.490 e. The van der Waals surface area contributed by atoms with Gasteiger partial charge in [-0.15, -0.1) is 0 Å². The van der Waals surface area contributed by atoms with Gasteiger partial charge in [0.2, 0.25) is 5.88 Å². The standard InChI is InChI=1S/C22H13F3N6O3.C17H8ClF3N4O2.C6H8BNO3/c1-34-20-27-8-11(9-28-20)15-5-6-16-17(29-15)18-14(10-26-16)19(32)30-21(33)31(18)13-4-2-3-12(7-13)22(23,24)25;18-12-5-4-11-13(23-12)14-10(7-22-11)15(26)24-16(27)25(14)9-3-1-2-8(6-9)17(19,20)21;1-11-6-3-2-5(4-8-6)7(9)10/h2-10H,1H3,(H,30,32,33);1-7H,(H,24,26,27);2-4,9-10H,1H3. The van der Waals surface area contributed by atoms with Crippen LogP contribution < -0.4 is 37.4 Å². The lowest BCUT2D eigenvalue weighted by Gasteiger charge is -2.14. The van der Waals surface area contributed by atoms with E-state index in [4.69, 9.17) is 31.1 Å². The second-order valence-electron chi connectivity index (χ2n) is 14.9. The highest BCUT2D eigenvalue weighted by Crippen LogP contribution is 2.33. The number of halogens is 7. The molecule has 8 aromatic heterocycles. The van der Waals surface area contributed by atoms with Gasteiger partial charge in [0.25, 0.3) is 11.1 Å². The van der Waals surface area contributed by atoms with Crippen LogP contribution in [-0.2, 0) is 12.4 Å². The number of hydrogen-bond donors (Lipinski definition) is 4. The first-order chi connectivity index (χ1) is 34.2. The number of aromatic amines is 2. The SMILES string of the molecule is COc1ccc(B(O)O)cn1.COc1ncc(-c2ccc3ncc4c(=O)[nH]c(=O)n(-c5cccc(C(F)(F)F)c5)c4c3n2)cn1.O=c1[nH]c(=O)n(-c2cccc(C(F)(F)F)c2)c2c1cnc1ccc(Cl)nc12. The first-order valence-corrected chi connectivity index (χ1v) is 20.8. The van der Waals surface area contributed by atoms with Gasteiger partial charge in [0.05, 0.1) is 75.3 Å². The molecule has 10 aromatic rings. The third-order valence-corrected chi connectivity index (χ3v) is 10.6. The molecule has 0 spiro atoms. The van der Waals surface area contributed by atoms with Gasteiger partial charge in [0.15, 0.2) is 0 Å². The van der Waals surface area contributed by atoms with Gasteiger partial charge in [0, 0.05) is 42.0 Å². The number of hydrogen-bond acceptors (Lipinski definition) is 15. The van der Waals surface area contributed by atoms with E-state index in [0.717, 1.165) is 33.4 Å². The number of rotatable bonds is 6. The molecule has 0 radical (unpaired) electrons. The zero-order valence-corrected chi connectivity index (χ0v) is 37.3. The van der Waals surface area contributed by atoms with Gasteiger partial charge in [0.1, 0.15) is 16.2 Å². The van der Waals surface area contributed by atoms with E-state index in [1.54, 1.807) is 18.2 Å². The minimum absolute atomic E-state index is 0.00530. The summed E-state index contributed by atoms with van der Waals surface area (Å²) in [5.41, 5.74) is -3.09. The molecule has 10 rings (SSSR count). The summed E-state index contributed by atoms with van der Waals surface area (Å²) in [6.45, 7) is 0. The van der Waals surface area contributed by atoms with Crippen molar-refractivity contribution >= 4 is 68.1 Å². The van der Waals surface area contributed by atoms with E-state index in [0.29, 0.717) is 33.6 Å². The zero-order chi connectivity index (χ0) is 51.6. The van der Waals surface area contributed by atoms with E-state index in [-0.39, 0.29) is 55.4 Å². The number of ether oxygens (including phenoxy) is 2. The fourth-order valence-corrected chi connectivity index (χ4v) is 7.17. The number of nitrogens with zero attached hydrogens (tertiary/aromatic N) is 9. The largest absolute Gasteiger partial charge is 0.490 e. The van der Waals surface area contributed by atoms with Crippen molar-refractivity contribution in [1.82, 2.24) is 54.0 Å². The van der Waals surface area contributed by atoms with Crippen LogP contribution in [-0.4, -0.2) is 85.4 Å². The molecule has 0 aliphatic carbocycles. The Labute approximate surface area is 401 Å². The molecule has 0 aliphatic heterocycles. The van der Waals surface area contributed by atoms with Gasteiger partial charge in [-0.2, -0.15) is 26.3 Å². The Balaban J connectivity index is 0.000000162. The van der Waals surface area contributed by atoms with Crippen LogP contribution in [0.5, 0.6) is 11.9 Å². The van der Waals surface area contributed by atoms with Crippen LogP contribution in [0.4, 0.5) is 26.3 Å². The summed E-state index contributed by atoms with van der Waals surface area (Å²) < 4.78 is 90.9. The average Bonchev–Trinajstić information content (AvgIpc) is 3.36. The monoisotopic (exact) mass is 1010 g/mol. The van der Waals surface area contributed by atoms with Crippen molar-refractivity contribution in [3.05, 3.63) is 174 Å². The first kappa shape index (κ1) is 49.5. The van der Waals surface area contributed by atoms with E-state index in [2.05, 4.69) is 44.9 Å². The molecule has 0 atom stereocenters. The molecule has 0 aliphatic rings. The van der Waals surface area contributed by atoms with E-state index >= 15 is 0 Å². The van der Waals surface area contributed by atoms with Crippen LogP contribution >= 0.6 is 11.6 Å². The Morgan fingerprint density at radius 2 is 1.11 bits per heavy atom. The first-order valence-electron chi connectivity index (χ1n) is 20.4. The van der Waals surface area contributed by atoms with Gasteiger partial charge in [-0.3, -0.25) is 38.7 Å². The van der Waals surface area contributed by atoms with E-state index in [1.165, 1.54) is 87.7 Å². The summed E-state index contributed by atoms with van der Waals surface area (Å²) in [5.74, 6) is 0.453. The number of nitrogens with one attached hydrogen (secondary N) is 2. The van der Waals surface area contributed by atoms with Crippen molar-refractivity contribution in [1.29, 1.82) is 0 Å². The van der Waals surface area contributed by atoms with E-state index in [1.807, 2.05) is 0 Å². The molecule has 0 amide bonds. The van der Waals surface area contributed by atoms with Crippen LogP contribution in [0.2, 0.25) is 5.15 Å². The van der Waals surface area contributed by atoms with Gasteiger partial charge >= 0.3 is 36.9 Å². The zero-order valence-electron chi connectivity index (χ0n) is 36.6. The Morgan fingerprint density at radius 1 is 0.597 bits per heavy atom. The van der Waals surface area contributed by atoms with Gasteiger partial charge < -0.3 is 19.5 Å². The smallest absolute Gasteiger partial charge is 0.481 e. The number of pyridine rings is 5. The van der Waals surface area contributed by atoms with Crippen LogP contribution in [0.25, 0.3) is 66.5 Å². The molecule has 0 fully saturated rings. The molecule has 27 heteroatoms. The third kappa shape index (κ3) is 10.2. The molecule has 0 bridgehead atoms. The van der Waals surface area contributed by atoms with Crippen molar-refractivity contribution in [3.8, 4) is 34.5 Å². The summed E-state index contributed by atoms with van der Waals surface area (Å²) >= 11 is 5.92. The van der Waals surface area contributed by atoms with Crippen molar-refractivity contribution in [2.24, 2.45) is 0 Å². The normalized spacial score (nSPS) is 11.5. The molecular weight excluding hydrogens is 983 g/mol. The Bertz CT molecular complexity index is 3930. The minimum atomic E-state index is -4.62. The second kappa shape index (κ2) is 19.9. The predicted octanol–water partition coefficient (Wildman–Crippen LogP) is 5.17. The van der Waals surface area contributed by atoms with Crippen molar-refractivity contribution in [3.63, 3.8) is 0 Å². The fourth-order valence-electron chi connectivity index (χ4n) is 7.03. The Hall–Kier alpha value is -8.88. The molecule has 2 aromatic carbocycles. The molecule has 8 heterocycles. The highest BCUT2D eigenvalue weighted by atomic mass is 35.5. The number of aromatic nitrogens is 11. The Morgan fingerprint density at radius 3 is 1.57 bits per heavy atom. The predicted molar refractivity (Wildman–Crippen MR) is 250 cm³/mol. The number of methoxy groups -OCH3 is 2. The molecular formula is C45H29BClF6N11O8. The number of alkyl halides is 6. The lowest BCUT2D eigenvalue weighted by molar-refractivity contribution is -0.138. The van der Waals surface area contributed by atoms with Gasteiger partial charge in [-0.05, 0) is 66.7 Å². The molecule has 72 heavy (non-hydrogen) atoms. The summed E-state index contributed by atoms with van der Waals surface area (Å²) in [4.78, 5) is 83.1. The van der Waals surface area contributed by atoms with E-state index in [9.17, 15) is 45.5 Å². The summed E-state index contributed by atoms with van der Waals surface area (Å²) in [6.07, 6.45) is -2.43. The average molecular weight is 1010 g/mol. The lowest BCUT2D eigenvalue weighted by atomic mass is 9.82. The molecule has 0 saturated heterocycles. The summed E-state index contributed by atoms with van der Waals surface area (Å²) in [5, 5.41) is 17.4. The van der Waals surface area contributed by atoms with Crippen LogP contribution in [0.1, 0.15) is 11.1 Å². The van der Waals surface area contributed by atoms with E-state index < -0.39 is 53.1 Å². The molecule has 364 valence electrons. The fraction of sp³-hybridized carbons (Fsp3) is 0.0889. The Kier molecular flexibility index (Phi) is 13.7. The molecule has 0 unspecified atom stereocenters. The maximum atomic E-state index is 13.3. The van der Waals surface area contributed by atoms with Gasteiger partial charge in [-0.25, -0.2) is 34.5 Å². The highest BCUT2D eigenvalue weighted by Gasteiger charge is 2.32. The topological polar surface area (TPSA) is 259 Å². The van der Waals surface area contributed by atoms with Crippen LogP contribution in [0, 0.1) is 0 Å². The highest BCUT2D eigenvalue weighted by molar-refractivity contribution is 6.58. The number of fused-ring (bicyclic) bond motifs is 6. The molecule has 0 saturated carbocycles. The number of H-pyrrole nitrogens is 2. The van der Waals surface area contributed by atoms with Crippen LogP contribution in [0.3, 0.4) is 0 Å². The van der Waals surface area contributed by atoms with Crippen LogP contribution in [0.15, 0.2) is 135 Å². The maximum absolute atomic E-state index is 13.3. The third-order valence-electron chi connectivity index (χ3n) is 10.4. The van der Waals surface area contributed by atoms with Gasteiger partial charge in [-0.1, -0.05) is 29.8 Å². The second-order valence-corrected chi connectivity index (χ2v) is 15.2. The summed E-state index contributed by atoms with van der Waals surface area (Å²) in [7, 11) is 1.46. The lowest BCUT2D eigenvalue weighted by Crippen LogP contribution is -2.29. The molecule has 19 nitrogen and oxygen atoms in total. The minimum Gasteiger partial charge on any atom is -0.481 e. The molecule has 4 N–H and O–H groups in total. The number of benzene rings is 2. The quantitative estimate of drug-likeness (QED) is 0.0725. The van der Waals surface area contributed by atoms with Crippen molar-refractivity contribution < 1.29 is 45.9 Å². The van der Waals surface area contributed by atoms with Crippen molar-refractivity contribution in [2.75, 3.05) is 14.2 Å². The summed E-state index contributed by atoms with van der Waals surface area (Å²) in [6, 6.07) is 18.0.